The molecule has 0 unspecified atom stereocenters. The minimum Gasteiger partial charge on any atom is -0.363 e. The fourth-order valence-electron chi connectivity index (χ4n) is 2.35. The first-order valence-electron chi connectivity index (χ1n) is 6.39. The molecule has 0 saturated heterocycles. The van der Waals surface area contributed by atoms with Crippen LogP contribution in [-0.4, -0.2) is 21.4 Å². The summed E-state index contributed by atoms with van der Waals surface area (Å²) in [6, 6.07) is 2.52. The van der Waals surface area contributed by atoms with Gasteiger partial charge in [-0.05, 0) is 32.0 Å². The molecule has 0 spiro atoms. The van der Waals surface area contributed by atoms with E-state index in [4.69, 9.17) is 12.2 Å². The van der Waals surface area contributed by atoms with Gasteiger partial charge in [-0.15, -0.1) is 0 Å². The molecule has 0 aromatic carbocycles. The van der Waals surface area contributed by atoms with Gasteiger partial charge in [0.1, 0.15) is 5.82 Å². The fourth-order valence-corrected chi connectivity index (χ4v) is 2.60. The minimum absolute atomic E-state index is 0.533. The van der Waals surface area contributed by atoms with Gasteiger partial charge in [0.2, 0.25) is 0 Å². The van der Waals surface area contributed by atoms with Gasteiger partial charge in [-0.1, -0.05) is 19.3 Å². The van der Waals surface area contributed by atoms with Gasteiger partial charge in [0.15, 0.2) is 5.11 Å². The first-order valence-corrected chi connectivity index (χ1v) is 6.80. The SMILES string of the molecule is CCNC(=S)Nc1ccnn1C1CCCCC1. The summed E-state index contributed by atoms with van der Waals surface area (Å²) < 4.78 is 2.09. The van der Waals surface area contributed by atoms with Crippen LogP contribution in [-0.2, 0) is 0 Å². The lowest BCUT2D eigenvalue weighted by Crippen LogP contribution is -2.29. The van der Waals surface area contributed by atoms with E-state index in [9.17, 15) is 0 Å². The molecule has 1 aromatic rings. The van der Waals surface area contributed by atoms with Gasteiger partial charge in [0, 0.05) is 12.6 Å². The van der Waals surface area contributed by atoms with E-state index in [0.717, 1.165) is 12.4 Å². The highest BCUT2D eigenvalue weighted by molar-refractivity contribution is 7.80. The fraction of sp³-hybridized carbons (Fsp3) is 0.667. The van der Waals surface area contributed by atoms with E-state index in [1.807, 2.05) is 19.2 Å². The number of aromatic nitrogens is 2. The lowest BCUT2D eigenvalue weighted by molar-refractivity contribution is 0.333. The van der Waals surface area contributed by atoms with Crippen molar-refractivity contribution in [2.75, 3.05) is 11.9 Å². The zero-order chi connectivity index (χ0) is 12.1. The third-order valence-corrected chi connectivity index (χ3v) is 3.42. The standard InChI is InChI=1S/C12H20N4S/c1-2-13-12(17)15-11-8-9-14-16(11)10-6-4-3-5-7-10/h8-10H,2-7H2,1H3,(H2,13,15,17). The molecule has 1 saturated carbocycles. The summed E-state index contributed by atoms with van der Waals surface area (Å²) >= 11 is 5.20. The molecule has 1 fully saturated rings. The van der Waals surface area contributed by atoms with Crippen LogP contribution in [0.4, 0.5) is 5.82 Å². The Bertz CT molecular complexity index is 368. The average Bonchev–Trinajstić information content (AvgIpc) is 2.78. The molecular weight excluding hydrogens is 232 g/mol. The molecule has 1 aliphatic rings. The van der Waals surface area contributed by atoms with Crippen molar-refractivity contribution >= 4 is 23.1 Å². The van der Waals surface area contributed by atoms with Crippen LogP contribution in [0.2, 0.25) is 0 Å². The number of hydrogen-bond donors (Lipinski definition) is 2. The Balaban J connectivity index is 2.02. The molecule has 2 rings (SSSR count). The molecule has 5 heteroatoms. The van der Waals surface area contributed by atoms with Crippen LogP contribution in [0.1, 0.15) is 45.1 Å². The second kappa shape index (κ2) is 6.00. The van der Waals surface area contributed by atoms with Crippen LogP contribution < -0.4 is 10.6 Å². The van der Waals surface area contributed by atoms with Crippen LogP contribution in [0.5, 0.6) is 0 Å². The monoisotopic (exact) mass is 252 g/mol. The Hall–Kier alpha value is -1.10. The lowest BCUT2D eigenvalue weighted by atomic mass is 9.96. The molecule has 0 amide bonds. The molecule has 1 heterocycles. The Morgan fingerprint density at radius 2 is 2.24 bits per heavy atom. The van der Waals surface area contributed by atoms with Gasteiger partial charge in [0.05, 0.1) is 12.2 Å². The van der Waals surface area contributed by atoms with Crippen molar-refractivity contribution in [2.45, 2.75) is 45.1 Å². The highest BCUT2D eigenvalue weighted by Crippen LogP contribution is 2.29. The Labute approximate surface area is 108 Å². The van der Waals surface area contributed by atoms with Crippen LogP contribution in [0.25, 0.3) is 0 Å². The van der Waals surface area contributed by atoms with Crippen LogP contribution in [0.15, 0.2) is 12.3 Å². The van der Waals surface area contributed by atoms with E-state index in [2.05, 4.69) is 20.4 Å². The molecule has 0 radical (unpaired) electrons. The first kappa shape index (κ1) is 12.4. The molecule has 0 bridgehead atoms. The predicted octanol–water partition coefficient (Wildman–Crippen LogP) is 2.69. The number of hydrogen-bond acceptors (Lipinski definition) is 2. The van der Waals surface area contributed by atoms with E-state index < -0.39 is 0 Å². The smallest absolute Gasteiger partial charge is 0.171 e. The van der Waals surface area contributed by atoms with Crippen molar-refractivity contribution in [3.8, 4) is 0 Å². The highest BCUT2D eigenvalue weighted by Gasteiger charge is 2.18. The molecule has 0 aliphatic heterocycles. The summed E-state index contributed by atoms with van der Waals surface area (Å²) in [5.74, 6) is 1.00. The maximum Gasteiger partial charge on any atom is 0.171 e. The van der Waals surface area contributed by atoms with E-state index in [1.165, 1.54) is 32.1 Å². The summed E-state index contributed by atoms with van der Waals surface area (Å²) in [6.45, 7) is 2.87. The van der Waals surface area contributed by atoms with Gasteiger partial charge in [-0.2, -0.15) is 5.10 Å². The van der Waals surface area contributed by atoms with Crippen molar-refractivity contribution in [3.05, 3.63) is 12.3 Å². The minimum atomic E-state index is 0.533. The van der Waals surface area contributed by atoms with Crippen LogP contribution in [0, 0.1) is 0 Å². The molecule has 2 N–H and O–H groups in total. The highest BCUT2D eigenvalue weighted by atomic mass is 32.1. The van der Waals surface area contributed by atoms with E-state index in [1.54, 1.807) is 0 Å². The summed E-state index contributed by atoms with van der Waals surface area (Å²) in [7, 11) is 0. The summed E-state index contributed by atoms with van der Waals surface area (Å²) in [4.78, 5) is 0. The molecular formula is C12H20N4S. The van der Waals surface area contributed by atoms with Gasteiger partial charge in [-0.3, -0.25) is 0 Å². The molecule has 4 nitrogen and oxygen atoms in total. The first-order chi connectivity index (χ1) is 8.31. The van der Waals surface area contributed by atoms with Gasteiger partial charge < -0.3 is 10.6 Å². The summed E-state index contributed by atoms with van der Waals surface area (Å²) in [5.41, 5.74) is 0. The zero-order valence-corrected chi connectivity index (χ0v) is 11.1. The third-order valence-electron chi connectivity index (χ3n) is 3.17. The quantitative estimate of drug-likeness (QED) is 0.812. The predicted molar refractivity (Wildman–Crippen MR) is 74.2 cm³/mol. The summed E-state index contributed by atoms with van der Waals surface area (Å²) in [6.07, 6.45) is 8.26. The van der Waals surface area contributed by atoms with Gasteiger partial charge >= 0.3 is 0 Å². The van der Waals surface area contributed by atoms with Gasteiger partial charge in [0.25, 0.3) is 0 Å². The molecule has 1 aliphatic carbocycles. The van der Waals surface area contributed by atoms with Crippen molar-refractivity contribution in [3.63, 3.8) is 0 Å². The van der Waals surface area contributed by atoms with Crippen molar-refractivity contribution in [1.29, 1.82) is 0 Å². The molecule has 0 atom stereocenters. The zero-order valence-electron chi connectivity index (χ0n) is 10.3. The molecule has 17 heavy (non-hydrogen) atoms. The maximum absolute atomic E-state index is 5.20. The Morgan fingerprint density at radius 1 is 1.47 bits per heavy atom. The normalized spacial score (nSPS) is 16.8. The Kier molecular flexibility index (Phi) is 4.36. The van der Waals surface area contributed by atoms with Crippen molar-refractivity contribution in [1.82, 2.24) is 15.1 Å². The Morgan fingerprint density at radius 3 is 2.94 bits per heavy atom. The molecule has 1 aromatic heterocycles. The third kappa shape index (κ3) is 3.19. The van der Waals surface area contributed by atoms with Crippen molar-refractivity contribution in [2.24, 2.45) is 0 Å². The number of nitrogens with zero attached hydrogens (tertiary/aromatic N) is 2. The van der Waals surface area contributed by atoms with Crippen LogP contribution in [0.3, 0.4) is 0 Å². The number of rotatable bonds is 3. The topological polar surface area (TPSA) is 41.9 Å². The maximum atomic E-state index is 5.20. The van der Waals surface area contributed by atoms with E-state index >= 15 is 0 Å². The van der Waals surface area contributed by atoms with E-state index in [-0.39, 0.29) is 0 Å². The largest absolute Gasteiger partial charge is 0.363 e. The number of thiocarbonyl (C=S) groups is 1. The second-order valence-electron chi connectivity index (χ2n) is 4.44. The van der Waals surface area contributed by atoms with Gasteiger partial charge in [-0.25, -0.2) is 4.68 Å². The number of nitrogens with one attached hydrogen (secondary N) is 2. The average molecular weight is 252 g/mol. The summed E-state index contributed by atoms with van der Waals surface area (Å²) in [5, 5.41) is 11.4. The second-order valence-corrected chi connectivity index (χ2v) is 4.85. The van der Waals surface area contributed by atoms with Crippen LogP contribution >= 0.6 is 12.2 Å². The van der Waals surface area contributed by atoms with Crippen molar-refractivity contribution < 1.29 is 0 Å². The molecule has 94 valence electrons. The lowest BCUT2D eigenvalue weighted by Gasteiger charge is -2.24. The number of anilines is 1. The van der Waals surface area contributed by atoms with E-state index in [0.29, 0.717) is 11.2 Å².